The van der Waals surface area contributed by atoms with Crippen molar-refractivity contribution in [1.29, 1.82) is 0 Å². The summed E-state index contributed by atoms with van der Waals surface area (Å²) in [5, 5.41) is 0. The standard InChI is InChI=1S/C24H34N2O3/c1-3-28-22-13-12-21(19-23(22)29-4-2)24(27)26-17-15-25(16-18-26)14-8-11-20-9-6-5-7-10-20/h6,9-10,12-13,19H,3-5,7-8,11,14-18H2,1-2H3. The van der Waals surface area contributed by atoms with E-state index in [9.17, 15) is 4.79 Å². The van der Waals surface area contributed by atoms with E-state index in [1.807, 2.05) is 36.9 Å². The van der Waals surface area contributed by atoms with Gasteiger partial charge in [0, 0.05) is 31.7 Å². The van der Waals surface area contributed by atoms with Crippen molar-refractivity contribution in [1.82, 2.24) is 9.80 Å². The van der Waals surface area contributed by atoms with Gasteiger partial charge >= 0.3 is 0 Å². The molecule has 29 heavy (non-hydrogen) atoms. The molecule has 0 unspecified atom stereocenters. The average Bonchev–Trinajstić information content (AvgIpc) is 2.76. The first-order valence-electron chi connectivity index (χ1n) is 11.0. The number of ether oxygens (including phenoxy) is 2. The van der Waals surface area contributed by atoms with E-state index in [1.165, 1.54) is 24.8 Å². The zero-order valence-electron chi connectivity index (χ0n) is 17.9. The summed E-state index contributed by atoms with van der Waals surface area (Å²) in [5.41, 5.74) is 2.15. The maximum Gasteiger partial charge on any atom is 0.254 e. The van der Waals surface area contributed by atoms with Gasteiger partial charge in [0.15, 0.2) is 11.5 Å². The topological polar surface area (TPSA) is 42.0 Å². The first kappa shape index (κ1) is 21.4. The summed E-state index contributed by atoms with van der Waals surface area (Å²) in [5.74, 6) is 1.41. The Bertz CT molecular complexity index is 734. The normalized spacial score (nSPS) is 17.2. The fraction of sp³-hybridized carbons (Fsp3) is 0.542. The molecule has 0 saturated carbocycles. The van der Waals surface area contributed by atoms with Crippen LogP contribution in [0.25, 0.3) is 0 Å². The van der Waals surface area contributed by atoms with Gasteiger partial charge < -0.3 is 14.4 Å². The minimum atomic E-state index is 0.0751. The molecule has 1 amide bonds. The van der Waals surface area contributed by atoms with Crippen LogP contribution in [0.5, 0.6) is 11.5 Å². The Labute approximate surface area is 175 Å². The molecule has 5 heteroatoms. The molecule has 2 aliphatic rings. The van der Waals surface area contributed by atoms with Gasteiger partial charge in [-0.2, -0.15) is 0 Å². The van der Waals surface area contributed by atoms with Crippen LogP contribution in [0.1, 0.15) is 49.9 Å². The number of rotatable bonds is 9. The van der Waals surface area contributed by atoms with Gasteiger partial charge in [0.2, 0.25) is 0 Å². The Hall–Kier alpha value is -2.27. The fourth-order valence-corrected chi connectivity index (χ4v) is 3.90. The zero-order chi connectivity index (χ0) is 20.5. The highest BCUT2D eigenvalue weighted by Crippen LogP contribution is 2.29. The lowest BCUT2D eigenvalue weighted by molar-refractivity contribution is 0.0635. The molecule has 1 heterocycles. The molecule has 1 aromatic rings. The number of carbonyl (C=O) groups is 1. The summed E-state index contributed by atoms with van der Waals surface area (Å²) >= 11 is 0. The predicted octanol–water partition coefficient (Wildman–Crippen LogP) is 4.30. The van der Waals surface area contributed by atoms with Crippen LogP contribution < -0.4 is 9.47 Å². The third kappa shape index (κ3) is 6.10. The van der Waals surface area contributed by atoms with Crippen LogP contribution in [0.2, 0.25) is 0 Å². The molecule has 1 aromatic carbocycles. The minimum Gasteiger partial charge on any atom is -0.490 e. The van der Waals surface area contributed by atoms with Crippen LogP contribution >= 0.6 is 0 Å². The number of hydrogen-bond donors (Lipinski definition) is 0. The van der Waals surface area contributed by atoms with Crippen molar-refractivity contribution in [2.45, 2.75) is 39.5 Å². The van der Waals surface area contributed by atoms with Gasteiger partial charge in [0.25, 0.3) is 5.91 Å². The molecule has 1 aliphatic heterocycles. The largest absolute Gasteiger partial charge is 0.490 e. The van der Waals surface area contributed by atoms with Crippen molar-refractivity contribution in [3.63, 3.8) is 0 Å². The Kier molecular flexibility index (Phi) is 8.17. The molecule has 1 fully saturated rings. The van der Waals surface area contributed by atoms with Crippen LogP contribution in [0.15, 0.2) is 42.0 Å². The number of allylic oxidation sites excluding steroid dienone is 4. The minimum absolute atomic E-state index is 0.0751. The molecule has 0 atom stereocenters. The van der Waals surface area contributed by atoms with Gasteiger partial charge in [-0.25, -0.2) is 0 Å². The molecule has 158 valence electrons. The van der Waals surface area contributed by atoms with Crippen molar-refractivity contribution >= 4 is 5.91 Å². The van der Waals surface area contributed by atoms with Crippen LogP contribution in [-0.2, 0) is 0 Å². The Morgan fingerprint density at radius 1 is 1.00 bits per heavy atom. The second kappa shape index (κ2) is 11.1. The van der Waals surface area contributed by atoms with Crippen LogP contribution in [0.3, 0.4) is 0 Å². The number of carbonyl (C=O) groups excluding carboxylic acids is 1. The third-order valence-electron chi connectivity index (χ3n) is 5.46. The van der Waals surface area contributed by atoms with Gasteiger partial charge in [-0.3, -0.25) is 9.69 Å². The highest BCUT2D eigenvalue weighted by atomic mass is 16.5. The van der Waals surface area contributed by atoms with Crippen molar-refractivity contribution < 1.29 is 14.3 Å². The number of benzene rings is 1. The van der Waals surface area contributed by atoms with Crippen molar-refractivity contribution in [3.05, 3.63) is 47.6 Å². The third-order valence-corrected chi connectivity index (χ3v) is 5.46. The second-order valence-corrected chi connectivity index (χ2v) is 7.52. The molecule has 1 aliphatic carbocycles. The molecule has 0 N–H and O–H groups in total. The summed E-state index contributed by atoms with van der Waals surface area (Å²) in [4.78, 5) is 17.4. The molecule has 0 aromatic heterocycles. The molecule has 0 spiro atoms. The van der Waals surface area contributed by atoms with E-state index in [2.05, 4.69) is 23.1 Å². The predicted molar refractivity (Wildman–Crippen MR) is 117 cm³/mol. The number of nitrogens with zero attached hydrogens (tertiary/aromatic N) is 2. The van der Waals surface area contributed by atoms with E-state index in [4.69, 9.17) is 9.47 Å². The lowest BCUT2D eigenvalue weighted by Gasteiger charge is -2.35. The van der Waals surface area contributed by atoms with Gasteiger partial charge in [-0.1, -0.05) is 23.8 Å². The highest BCUT2D eigenvalue weighted by molar-refractivity contribution is 5.95. The van der Waals surface area contributed by atoms with Crippen molar-refractivity contribution in [2.24, 2.45) is 0 Å². The molecule has 0 bridgehead atoms. The van der Waals surface area contributed by atoms with Crippen LogP contribution in [-0.4, -0.2) is 61.6 Å². The van der Waals surface area contributed by atoms with E-state index < -0.39 is 0 Å². The maximum atomic E-state index is 12.9. The number of amides is 1. The lowest BCUT2D eigenvalue weighted by atomic mass is 10.0. The van der Waals surface area contributed by atoms with Crippen molar-refractivity contribution in [2.75, 3.05) is 45.9 Å². The molecular formula is C24H34N2O3. The second-order valence-electron chi connectivity index (χ2n) is 7.52. The summed E-state index contributed by atoms with van der Waals surface area (Å²) in [6.07, 6.45) is 11.6. The Balaban J connectivity index is 1.48. The van der Waals surface area contributed by atoms with Gasteiger partial charge in [0.05, 0.1) is 13.2 Å². The van der Waals surface area contributed by atoms with E-state index in [0.29, 0.717) is 30.3 Å². The van der Waals surface area contributed by atoms with Gasteiger partial charge in [0.1, 0.15) is 0 Å². The molecule has 3 rings (SSSR count). The quantitative estimate of drug-likeness (QED) is 0.622. The average molecular weight is 399 g/mol. The van der Waals surface area contributed by atoms with E-state index in [0.717, 1.165) is 39.1 Å². The number of hydrogen-bond acceptors (Lipinski definition) is 4. The van der Waals surface area contributed by atoms with Gasteiger partial charge in [-0.15, -0.1) is 0 Å². The van der Waals surface area contributed by atoms with Crippen LogP contribution in [0, 0.1) is 0 Å². The van der Waals surface area contributed by atoms with Crippen molar-refractivity contribution in [3.8, 4) is 11.5 Å². The smallest absolute Gasteiger partial charge is 0.254 e. The Morgan fingerprint density at radius 2 is 1.76 bits per heavy atom. The zero-order valence-corrected chi connectivity index (χ0v) is 17.9. The SMILES string of the molecule is CCOc1ccc(C(=O)N2CCN(CCCC3=CCCC=C3)CC2)cc1OCC. The summed E-state index contributed by atoms with van der Waals surface area (Å²) in [7, 11) is 0. The molecular weight excluding hydrogens is 364 g/mol. The molecule has 1 saturated heterocycles. The first-order valence-corrected chi connectivity index (χ1v) is 11.0. The lowest BCUT2D eigenvalue weighted by Crippen LogP contribution is -2.48. The maximum absolute atomic E-state index is 12.9. The summed E-state index contributed by atoms with van der Waals surface area (Å²) in [6, 6.07) is 5.49. The van der Waals surface area contributed by atoms with E-state index in [-0.39, 0.29) is 5.91 Å². The monoisotopic (exact) mass is 398 g/mol. The molecule has 5 nitrogen and oxygen atoms in total. The van der Waals surface area contributed by atoms with E-state index >= 15 is 0 Å². The van der Waals surface area contributed by atoms with Crippen LogP contribution in [0.4, 0.5) is 0 Å². The van der Waals surface area contributed by atoms with Gasteiger partial charge in [-0.05, 0) is 64.3 Å². The Morgan fingerprint density at radius 3 is 2.45 bits per heavy atom. The summed E-state index contributed by atoms with van der Waals surface area (Å²) < 4.78 is 11.3. The molecule has 0 radical (unpaired) electrons. The fourth-order valence-electron chi connectivity index (χ4n) is 3.90. The highest BCUT2D eigenvalue weighted by Gasteiger charge is 2.23. The van der Waals surface area contributed by atoms with E-state index in [1.54, 1.807) is 0 Å². The number of piperazine rings is 1. The summed E-state index contributed by atoms with van der Waals surface area (Å²) in [6.45, 7) is 9.53. The first-order chi connectivity index (χ1) is 14.2.